The highest BCUT2D eigenvalue weighted by molar-refractivity contribution is 5.70. The lowest BCUT2D eigenvalue weighted by Gasteiger charge is -2.29. The second-order valence-corrected chi connectivity index (χ2v) is 4.20. The lowest BCUT2D eigenvalue weighted by Crippen LogP contribution is -2.45. The van der Waals surface area contributed by atoms with Gasteiger partial charge in [-0.3, -0.25) is 0 Å². The van der Waals surface area contributed by atoms with Gasteiger partial charge in [0.1, 0.15) is 0 Å². The zero-order valence-corrected chi connectivity index (χ0v) is 9.48. The SMILES string of the molecule is c1ccc(CC2NNc3ccccc3N2)cc1. The highest BCUT2D eigenvalue weighted by Crippen LogP contribution is 2.24. The molecule has 0 aliphatic carbocycles. The van der Waals surface area contributed by atoms with Crippen molar-refractivity contribution >= 4 is 11.4 Å². The normalized spacial score (nSPS) is 17.8. The highest BCUT2D eigenvalue weighted by atomic mass is 15.4. The zero-order valence-electron chi connectivity index (χ0n) is 9.48. The quantitative estimate of drug-likeness (QED) is 0.735. The maximum Gasteiger partial charge on any atom is 0.0981 e. The molecule has 3 rings (SSSR count). The van der Waals surface area contributed by atoms with Crippen LogP contribution in [0.1, 0.15) is 5.56 Å². The average molecular weight is 225 g/mol. The summed E-state index contributed by atoms with van der Waals surface area (Å²) in [5.74, 6) is 0. The number of anilines is 2. The van der Waals surface area contributed by atoms with E-state index in [2.05, 4.69) is 46.5 Å². The zero-order chi connectivity index (χ0) is 11.5. The molecule has 17 heavy (non-hydrogen) atoms. The average Bonchev–Trinajstić information content (AvgIpc) is 2.40. The van der Waals surface area contributed by atoms with Gasteiger partial charge < -0.3 is 10.7 Å². The molecule has 1 heterocycles. The van der Waals surface area contributed by atoms with Crippen LogP contribution in [0.5, 0.6) is 0 Å². The lowest BCUT2D eigenvalue weighted by molar-refractivity contribution is 0.603. The lowest BCUT2D eigenvalue weighted by atomic mass is 10.1. The maximum absolute atomic E-state index is 3.47. The van der Waals surface area contributed by atoms with Crippen LogP contribution in [0, 0.1) is 0 Å². The van der Waals surface area contributed by atoms with Crippen molar-refractivity contribution in [1.29, 1.82) is 0 Å². The van der Waals surface area contributed by atoms with Crippen LogP contribution in [0.25, 0.3) is 0 Å². The number of fused-ring (bicyclic) bond motifs is 1. The predicted octanol–water partition coefficient (Wildman–Crippen LogP) is 2.60. The molecule has 0 radical (unpaired) electrons. The molecule has 1 atom stereocenters. The molecule has 2 aromatic carbocycles. The van der Waals surface area contributed by atoms with Crippen LogP contribution in [-0.4, -0.2) is 6.17 Å². The standard InChI is InChI=1S/C14H15N3/c1-2-6-11(7-3-1)10-14-15-12-8-4-5-9-13(12)16-17-14/h1-9,14-17H,10H2. The minimum atomic E-state index is 0.215. The summed E-state index contributed by atoms with van der Waals surface area (Å²) in [5, 5.41) is 3.47. The number of para-hydroxylation sites is 2. The van der Waals surface area contributed by atoms with E-state index in [-0.39, 0.29) is 6.17 Å². The highest BCUT2D eigenvalue weighted by Gasteiger charge is 2.15. The van der Waals surface area contributed by atoms with Crippen LogP contribution in [0.15, 0.2) is 54.6 Å². The second-order valence-electron chi connectivity index (χ2n) is 4.20. The number of benzene rings is 2. The molecule has 0 amide bonds. The van der Waals surface area contributed by atoms with Crippen LogP contribution in [0.3, 0.4) is 0 Å². The molecule has 0 aromatic heterocycles. The third-order valence-corrected chi connectivity index (χ3v) is 2.92. The first-order chi connectivity index (χ1) is 8.42. The Morgan fingerprint density at radius 1 is 0.824 bits per heavy atom. The molecule has 0 saturated carbocycles. The molecule has 86 valence electrons. The second kappa shape index (κ2) is 4.47. The minimum absolute atomic E-state index is 0.215. The van der Waals surface area contributed by atoms with Crippen molar-refractivity contribution in [1.82, 2.24) is 5.43 Å². The summed E-state index contributed by atoms with van der Waals surface area (Å²) >= 11 is 0. The van der Waals surface area contributed by atoms with E-state index in [0.717, 1.165) is 17.8 Å². The topological polar surface area (TPSA) is 36.1 Å². The maximum atomic E-state index is 3.47. The summed E-state index contributed by atoms with van der Waals surface area (Å²) in [5.41, 5.74) is 10.0. The number of hydrogen-bond donors (Lipinski definition) is 3. The van der Waals surface area contributed by atoms with E-state index in [4.69, 9.17) is 0 Å². The van der Waals surface area contributed by atoms with Crippen molar-refractivity contribution in [3.63, 3.8) is 0 Å². The van der Waals surface area contributed by atoms with Gasteiger partial charge in [-0.1, -0.05) is 42.5 Å². The summed E-state index contributed by atoms with van der Waals surface area (Å²) in [6.07, 6.45) is 1.16. The predicted molar refractivity (Wildman–Crippen MR) is 70.8 cm³/mol. The molecule has 2 aromatic rings. The smallest absolute Gasteiger partial charge is 0.0981 e. The van der Waals surface area contributed by atoms with E-state index in [0.29, 0.717) is 0 Å². The van der Waals surface area contributed by atoms with Crippen LogP contribution in [-0.2, 0) is 6.42 Å². The molecule has 0 spiro atoms. The van der Waals surface area contributed by atoms with E-state index < -0.39 is 0 Å². The van der Waals surface area contributed by atoms with Gasteiger partial charge in [0, 0.05) is 6.42 Å². The number of rotatable bonds is 2. The fourth-order valence-corrected chi connectivity index (χ4v) is 2.06. The first-order valence-corrected chi connectivity index (χ1v) is 5.83. The molecular formula is C14H15N3. The van der Waals surface area contributed by atoms with Gasteiger partial charge in [-0.15, -0.1) is 0 Å². The van der Waals surface area contributed by atoms with E-state index in [1.165, 1.54) is 5.56 Å². The van der Waals surface area contributed by atoms with Crippen molar-refractivity contribution in [2.75, 3.05) is 10.7 Å². The van der Waals surface area contributed by atoms with Crippen molar-refractivity contribution in [2.24, 2.45) is 0 Å². The van der Waals surface area contributed by atoms with E-state index in [1.807, 2.05) is 24.3 Å². The molecule has 3 heteroatoms. The summed E-state index contributed by atoms with van der Waals surface area (Å²) in [6.45, 7) is 0. The minimum Gasteiger partial charge on any atom is -0.366 e. The fourth-order valence-electron chi connectivity index (χ4n) is 2.06. The fraction of sp³-hybridized carbons (Fsp3) is 0.143. The largest absolute Gasteiger partial charge is 0.366 e. The number of hydrogen-bond acceptors (Lipinski definition) is 3. The van der Waals surface area contributed by atoms with E-state index in [9.17, 15) is 0 Å². The molecule has 0 bridgehead atoms. The molecule has 1 aliphatic rings. The Morgan fingerprint density at radius 2 is 1.53 bits per heavy atom. The molecule has 1 unspecified atom stereocenters. The van der Waals surface area contributed by atoms with E-state index >= 15 is 0 Å². The van der Waals surface area contributed by atoms with Crippen LogP contribution in [0.4, 0.5) is 11.4 Å². The summed E-state index contributed by atoms with van der Waals surface area (Å²) in [4.78, 5) is 0. The Balaban J connectivity index is 1.72. The third-order valence-electron chi connectivity index (χ3n) is 2.92. The summed E-state index contributed by atoms with van der Waals surface area (Å²) < 4.78 is 0. The summed E-state index contributed by atoms with van der Waals surface area (Å²) in [7, 11) is 0. The molecule has 3 N–H and O–H groups in total. The molecule has 3 nitrogen and oxygen atoms in total. The Morgan fingerprint density at radius 3 is 2.35 bits per heavy atom. The van der Waals surface area contributed by atoms with Crippen molar-refractivity contribution in [3.05, 3.63) is 60.2 Å². The van der Waals surface area contributed by atoms with Gasteiger partial charge in [-0.2, -0.15) is 0 Å². The number of hydrazine groups is 1. The molecule has 0 saturated heterocycles. The van der Waals surface area contributed by atoms with Gasteiger partial charge in [-0.25, -0.2) is 5.43 Å². The Hall–Kier alpha value is -2.00. The van der Waals surface area contributed by atoms with E-state index in [1.54, 1.807) is 0 Å². The number of nitrogens with one attached hydrogen (secondary N) is 3. The first kappa shape index (κ1) is 10.2. The van der Waals surface area contributed by atoms with Gasteiger partial charge in [0.05, 0.1) is 17.5 Å². The Bertz CT molecular complexity index is 496. The van der Waals surface area contributed by atoms with Gasteiger partial charge in [0.15, 0.2) is 0 Å². The molecular weight excluding hydrogens is 210 g/mol. The van der Waals surface area contributed by atoms with Gasteiger partial charge in [0.25, 0.3) is 0 Å². The van der Waals surface area contributed by atoms with Gasteiger partial charge in [0.2, 0.25) is 0 Å². The Labute approximate surface area is 101 Å². The van der Waals surface area contributed by atoms with Crippen molar-refractivity contribution < 1.29 is 0 Å². The van der Waals surface area contributed by atoms with Crippen molar-refractivity contribution in [3.8, 4) is 0 Å². The first-order valence-electron chi connectivity index (χ1n) is 5.83. The molecule has 1 aliphatic heterocycles. The van der Waals surface area contributed by atoms with Gasteiger partial charge in [-0.05, 0) is 17.7 Å². The monoisotopic (exact) mass is 225 g/mol. The van der Waals surface area contributed by atoms with Crippen LogP contribution in [0.2, 0.25) is 0 Å². The summed E-state index contributed by atoms with van der Waals surface area (Å²) in [6, 6.07) is 18.7. The third kappa shape index (κ3) is 2.24. The van der Waals surface area contributed by atoms with Gasteiger partial charge >= 0.3 is 0 Å². The van der Waals surface area contributed by atoms with Crippen molar-refractivity contribution in [2.45, 2.75) is 12.6 Å². The van der Waals surface area contributed by atoms with Crippen LogP contribution < -0.4 is 16.2 Å². The molecule has 0 fully saturated rings. The Kier molecular flexibility index (Phi) is 2.68. The van der Waals surface area contributed by atoms with Crippen LogP contribution >= 0.6 is 0 Å².